The minimum atomic E-state index is -0.308. The van der Waals surface area contributed by atoms with Gasteiger partial charge in [0, 0.05) is 42.9 Å². The van der Waals surface area contributed by atoms with Gasteiger partial charge in [0.15, 0.2) is 5.13 Å². The maximum atomic E-state index is 13.0. The van der Waals surface area contributed by atoms with E-state index < -0.39 is 0 Å². The van der Waals surface area contributed by atoms with Crippen LogP contribution in [0.3, 0.4) is 0 Å². The van der Waals surface area contributed by atoms with Gasteiger partial charge >= 0.3 is 0 Å². The predicted molar refractivity (Wildman–Crippen MR) is 129 cm³/mol. The smallest absolute Gasteiger partial charge is 0.273 e. The summed E-state index contributed by atoms with van der Waals surface area (Å²) >= 11 is 1.33. The van der Waals surface area contributed by atoms with Crippen molar-refractivity contribution < 1.29 is 14.0 Å². The van der Waals surface area contributed by atoms with Crippen LogP contribution in [0.1, 0.15) is 21.6 Å². The number of aryl methyl sites for hydroxylation is 2. The van der Waals surface area contributed by atoms with Gasteiger partial charge in [0.25, 0.3) is 5.91 Å². The summed E-state index contributed by atoms with van der Waals surface area (Å²) in [4.78, 5) is 33.4. The highest BCUT2D eigenvalue weighted by Crippen LogP contribution is 2.22. The molecule has 1 fully saturated rings. The van der Waals surface area contributed by atoms with Gasteiger partial charge in [0.2, 0.25) is 5.91 Å². The normalized spacial score (nSPS) is 14.2. The van der Waals surface area contributed by atoms with Crippen LogP contribution in [-0.4, -0.2) is 59.3 Å². The molecule has 2 N–H and O–H groups in total. The number of halogens is 1. The van der Waals surface area contributed by atoms with E-state index in [1.165, 1.54) is 29.0 Å². The highest BCUT2D eigenvalue weighted by molar-refractivity contribution is 7.14. The number of amides is 2. The standard InChI is InChI=1S/C24H26FN5O2S/c1-16-3-6-20(13-17(16)2)26-22(31)14-29-9-11-30(12-10-29)23(32)21-15-33-24(28-21)27-19-7-4-18(25)5-8-19/h3-8,13,15H,9-12,14H2,1-2H3,(H,26,31)(H,27,28). The Morgan fingerprint density at radius 3 is 2.39 bits per heavy atom. The van der Waals surface area contributed by atoms with Crippen molar-refractivity contribution in [2.24, 2.45) is 0 Å². The van der Waals surface area contributed by atoms with Gasteiger partial charge in [-0.2, -0.15) is 0 Å². The summed E-state index contributed by atoms with van der Waals surface area (Å²) in [6.07, 6.45) is 0. The molecule has 4 rings (SSSR count). The zero-order valence-electron chi connectivity index (χ0n) is 18.6. The molecule has 2 heterocycles. The SMILES string of the molecule is Cc1ccc(NC(=O)CN2CCN(C(=O)c3csc(Nc4ccc(F)cc4)n3)CC2)cc1C. The lowest BCUT2D eigenvalue weighted by atomic mass is 10.1. The second kappa shape index (κ2) is 10.1. The quantitative estimate of drug-likeness (QED) is 0.572. The average Bonchev–Trinajstić information content (AvgIpc) is 3.26. The van der Waals surface area contributed by atoms with Gasteiger partial charge in [-0.1, -0.05) is 6.07 Å². The first-order valence-corrected chi connectivity index (χ1v) is 11.6. The Labute approximate surface area is 196 Å². The first-order valence-electron chi connectivity index (χ1n) is 10.7. The van der Waals surface area contributed by atoms with E-state index >= 15 is 0 Å². The lowest BCUT2D eigenvalue weighted by Gasteiger charge is -2.33. The number of hydrogen-bond acceptors (Lipinski definition) is 6. The van der Waals surface area contributed by atoms with Crippen molar-refractivity contribution in [1.29, 1.82) is 0 Å². The molecule has 7 nitrogen and oxygen atoms in total. The van der Waals surface area contributed by atoms with Gasteiger partial charge in [-0.3, -0.25) is 14.5 Å². The molecule has 2 amide bonds. The Kier molecular flexibility index (Phi) is 7.00. The van der Waals surface area contributed by atoms with Crippen molar-refractivity contribution in [3.63, 3.8) is 0 Å². The number of piperazine rings is 1. The number of benzene rings is 2. The molecule has 0 bridgehead atoms. The summed E-state index contributed by atoms with van der Waals surface area (Å²) in [7, 11) is 0. The zero-order chi connectivity index (χ0) is 23.4. The molecule has 2 aromatic carbocycles. The number of anilines is 3. The Morgan fingerprint density at radius 2 is 1.70 bits per heavy atom. The first kappa shape index (κ1) is 22.9. The van der Waals surface area contributed by atoms with Crippen LogP contribution in [0.2, 0.25) is 0 Å². The van der Waals surface area contributed by atoms with Crippen molar-refractivity contribution in [1.82, 2.24) is 14.8 Å². The molecule has 1 aliphatic heterocycles. The molecular weight excluding hydrogens is 441 g/mol. The average molecular weight is 468 g/mol. The van der Waals surface area contributed by atoms with Crippen molar-refractivity contribution in [2.45, 2.75) is 13.8 Å². The second-order valence-corrected chi connectivity index (χ2v) is 8.94. The third kappa shape index (κ3) is 5.94. The summed E-state index contributed by atoms with van der Waals surface area (Å²) in [5.74, 6) is -0.496. The van der Waals surface area contributed by atoms with Crippen LogP contribution >= 0.6 is 11.3 Å². The van der Waals surface area contributed by atoms with E-state index in [9.17, 15) is 14.0 Å². The van der Waals surface area contributed by atoms with Gasteiger partial charge in [-0.15, -0.1) is 11.3 Å². The second-order valence-electron chi connectivity index (χ2n) is 8.09. The number of hydrogen-bond donors (Lipinski definition) is 2. The maximum absolute atomic E-state index is 13.0. The van der Waals surface area contributed by atoms with Gasteiger partial charge in [-0.25, -0.2) is 9.37 Å². The molecule has 1 aromatic heterocycles. The van der Waals surface area contributed by atoms with E-state index in [2.05, 4.69) is 15.6 Å². The van der Waals surface area contributed by atoms with Gasteiger partial charge < -0.3 is 15.5 Å². The summed E-state index contributed by atoms with van der Waals surface area (Å²) in [6.45, 7) is 6.66. The van der Waals surface area contributed by atoms with Crippen LogP contribution in [0.5, 0.6) is 0 Å². The van der Waals surface area contributed by atoms with Crippen LogP contribution < -0.4 is 10.6 Å². The highest BCUT2D eigenvalue weighted by Gasteiger charge is 2.25. The number of carbonyl (C=O) groups excluding carboxylic acids is 2. The largest absolute Gasteiger partial charge is 0.335 e. The van der Waals surface area contributed by atoms with Gasteiger partial charge in [-0.05, 0) is 61.4 Å². The molecule has 0 spiro atoms. The molecule has 1 saturated heterocycles. The topological polar surface area (TPSA) is 77.6 Å². The number of nitrogens with zero attached hydrogens (tertiary/aromatic N) is 3. The molecule has 0 saturated carbocycles. The Morgan fingerprint density at radius 1 is 1.00 bits per heavy atom. The number of nitrogens with one attached hydrogen (secondary N) is 2. The van der Waals surface area contributed by atoms with Crippen molar-refractivity contribution in [3.8, 4) is 0 Å². The lowest BCUT2D eigenvalue weighted by molar-refractivity contribution is -0.117. The fourth-order valence-electron chi connectivity index (χ4n) is 3.58. The van der Waals surface area contributed by atoms with Crippen molar-refractivity contribution in [3.05, 3.63) is 70.5 Å². The summed E-state index contributed by atoms with van der Waals surface area (Å²) in [6, 6.07) is 11.8. The molecular formula is C24H26FN5O2S. The predicted octanol–water partition coefficient (Wildman–Crippen LogP) is 4.04. The molecule has 33 heavy (non-hydrogen) atoms. The molecule has 0 unspecified atom stereocenters. The molecule has 172 valence electrons. The number of rotatable bonds is 6. The molecule has 9 heteroatoms. The van der Waals surface area contributed by atoms with Crippen LogP contribution in [0.4, 0.5) is 20.9 Å². The minimum absolute atomic E-state index is 0.0611. The maximum Gasteiger partial charge on any atom is 0.273 e. The van der Waals surface area contributed by atoms with E-state index in [0.717, 1.165) is 11.3 Å². The zero-order valence-corrected chi connectivity index (χ0v) is 19.4. The monoisotopic (exact) mass is 467 g/mol. The van der Waals surface area contributed by atoms with Crippen molar-refractivity contribution >= 4 is 39.7 Å². The molecule has 0 radical (unpaired) electrons. The molecule has 1 aliphatic rings. The van der Waals surface area contributed by atoms with Crippen LogP contribution in [0, 0.1) is 19.7 Å². The van der Waals surface area contributed by atoms with E-state index in [1.54, 1.807) is 22.4 Å². The summed E-state index contributed by atoms with van der Waals surface area (Å²) < 4.78 is 13.0. The lowest BCUT2D eigenvalue weighted by Crippen LogP contribution is -2.50. The Bertz CT molecular complexity index is 1140. The van der Waals surface area contributed by atoms with E-state index in [0.29, 0.717) is 42.7 Å². The Balaban J connectivity index is 1.25. The van der Waals surface area contributed by atoms with Crippen LogP contribution in [-0.2, 0) is 4.79 Å². The summed E-state index contributed by atoms with van der Waals surface area (Å²) in [5, 5.41) is 8.32. The molecule has 3 aromatic rings. The number of aromatic nitrogens is 1. The highest BCUT2D eigenvalue weighted by atomic mass is 32.1. The third-order valence-corrected chi connectivity index (χ3v) is 6.39. The first-order chi connectivity index (χ1) is 15.9. The Hall–Kier alpha value is -3.30. The van der Waals surface area contributed by atoms with E-state index in [1.807, 2.05) is 36.9 Å². The van der Waals surface area contributed by atoms with Crippen LogP contribution in [0.25, 0.3) is 0 Å². The fourth-order valence-corrected chi connectivity index (χ4v) is 4.28. The van der Waals surface area contributed by atoms with Gasteiger partial charge in [0.1, 0.15) is 11.5 Å². The molecule has 0 atom stereocenters. The minimum Gasteiger partial charge on any atom is -0.335 e. The van der Waals surface area contributed by atoms with E-state index in [4.69, 9.17) is 0 Å². The molecule has 0 aliphatic carbocycles. The van der Waals surface area contributed by atoms with E-state index in [-0.39, 0.29) is 24.2 Å². The number of carbonyl (C=O) groups is 2. The van der Waals surface area contributed by atoms with Gasteiger partial charge in [0.05, 0.1) is 6.54 Å². The fraction of sp³-hybridized carbons (Fsp3) is 0.292. The van der Waals surface area contributed by atoms with Crippen LogP contribution in [0.15, 0.2) is 47.8 Å². The summed E-state index contributed by atoms with van der Waals surface area (Å²) in [5.41, 5.74) is 4.21. The van der Waals surface area contributed by atoms with Crippen molar-refractivity contribution in [2.75, 3.05) is 43.4 Å². The number of thiazole rings is 1. The third-order valence-electron chi connectivity index (χ3n) is 5.64.